The van der Waals surface area contributed by atoms with Gasteiger partial charge in [-0.15, -0.1) is 0 Å². The highest BCUT2D eigenvalue weighted by atomic mass is 19.1. The summed E-state index contributed by atoms with van der Waals surface area (Å²) < 4.78 is 20.0. The first-order valence-corrected chi connectivity index (χ1v) is 11.8. The number of halogens is 1. The molecule has 4 aromatic rings. The van der Waals surface area contributed by atoms with Crippen molar-refractivity contribution in [3.8, 4) is 5.69 Å². The van der Waals surface area contributed by atoms with E-state index in [4.69, 9.17) is 4.42 Å². The number of furan rings is 1. The lowest BCUT2D eigenvalue weighted by molar-refractivity contribution is 0.0937. The topological polar surface area (TPSA) is 92.4 Å². The van der Waals surface area contributed by atoms with Crippen molar-refractivity contribution in [2.75, 3.05) is 25.0 Å². The first kappa shape index (κ1) is 23.5. The fourth-order valence-corrected chi connectivity index (χ4v) is 4.38. The summed E-state index contributed by atoms with van der Waals surface area (Å²) in [6, 6.07) is 15.1. The summed E-state index contributed by atoms with van der Waals surface area (Å²) in [5, 5.41) is 10.1. The van der Waals surface area contributed by atoms with Crippen LogP contribution < -0.4 is 10.6 Å². The number of nitrogens with one attached hydrogen (secondary N) is 2. The summed E-state index contributed by atoms with van der Waals surface area (Å²) in [4.78, 5) is 27.4. The first-order valence-electron chi connectivity index (χ1n) is 11.8. The lowest BCUT2D eigenvalue weighted by Crippen LogP contribution is -2.36. The van der Waals surface area contributed by atoms with Crippen LogP contribution in [0.3, 0.4) is 0 Å². The van der Waals surface area contributed by atoms with Gasteiger partial charge in [-0.3, -0.25) is 14.5 Å². The van der Waals surface area contributed by atoms with E-state index in [0.717, 1.165) is 37.2 Å². The molecule has 2 amide bonds. The molecular formula is C27H26FN5O3. The zero-order valence-corrected chi connectivity index (χ0v) is 19.6. The van der Waals surface area contributed by atoms with Crippen molar-refractivity contribution in [3.63, 3.8) is 0 Å². The number of benzene rings is 2. The van der Waals surface area contributed by atoms with Gasteiger partial charge in [0.25, 0.3) is 11.8 Å². The van der Waals surface area contributed by atoms with E-state index in [1.807, 2.05) is 0 Å². The molecule has 3 heterocycles. The minimum atomic E-state index is -0.289. The van der Waals surface area contributed by atoms with Gasteiger partial charge in [0, 0.05) is 12.1 Å². The van der Waals surface area contributed by atoms with Crippen LogP contribution in [0.2, 0.25) is 0 Å². The van der Waals surface area contributed by atoms with E-state index in [9.17, 15) is 14.0 Å². The molecule has 1 fully saturated rings. The van der Waals surface area contributed by atoms with Gasteiger partial charge in [0.2, 0.25) is 0 Å². The van der Waals surface area contributed by atoms with E-state index in [1.165, 1.54) is 24.7 Å². The minimum absolute atomic E-state index is 0.00363. The molecule has 0 radical (unpaired) electrons. The van der Waals surface area contributed by atoms with Gasteiger partial charge < -0.3 is 15.1 Å². The summed E-state index contributed by atoms with van der Waals surface area (Å²) in [7, 11) is 0. The molecule has 2 aromatic carbocycles. The van der Waals surface area contributed by atoms with Gasteiger partial charge in [0.05, 0.1) is 41.6 Å². The smallest absolute Gasteiger partial charge is 0.259 e. The molecule has 0 spiro atoms. The van der Waals surface area contributed by atoms with Crippen molar-refractivity contribution in [1.82, 2.24) is 20.0 Å². The third-order valence-electron chi connectivity index (χ3n) is 6.31. The highest BCUT2D eigenvalue weighted by Gasteiger charge is 2.24. The van der Waals surface area contributed by atoms with Crippen molar-refractivity contribution >= 4 is 17.5 Å². The fraction of sp³-hybridized carbons (Fsp3) is 0.222. The normalized spacial score (nSPS) is 14.5. The summed E-state index contributed by atoms with van der Waals surface area (Å²) in [6.45, 7) is 2.35. The van der Waals surface area contributed by atoms with Crippen molar-refractivity contribution in [3.05, 3.63) is 102 Å². The Morgan fingerprint density at radius 1 is 0.972 bits per heavy atom. The molecule has 1 saturated heterocycles. The number of hydrogen-bond acceptors (Lipinski definition) is 5. The molecule has 2 aromatic heterocycles. The minimum Gasteiger partial charge on any atom is -0.472 e. The van der Waals surface area contributed by atoms with Crippen LogP contribution >= 0.6 is 0 Å². The van der Waals surface area contributed by atoms with Crippen molar-refractivity contribution < 1.29 is 18.4 Å². The Bertz CT molecular complexity index is 1310. The van der Waals surface area contributed by atoms with Crippen LogP contribution in [0.25, 0.3) is 5.69 Å². The Kier molecular flexibility index (Phi) is 6.90. The molecule has 1 atom stereocenters. The van der Waals surface area contributed by atoms with Gasteiger partial charge in [-0.05, 0) is 74.0 Å². The highest BCUT2D eigenvalue weighted by molar-refractivity contribution is 6.03. The lowest BCUT2D eigenvalue weighted by Gasteiger charge is -2.28. The van der Waals surface area contributed by atoms with Gasteiger partial charge in [-0.2, -0.15) is 5.10 Å². The molecule has 0 bridgehead atoms. The number of rotatable bonds is 8. The lowest BCUT2D eigenvalue weighted by atomic mass is 10.0. The second-order valence-corrected chi connectivity index (χ2v) is 8.71. The van der Waals surface area contributed by atoms with Gasteiger partial charge in [0.15, 0.2) is 0 Å². The molecule has 0 aliphatic carbocycles. The van der Waals surface area contributed by atoms with Gasteiger partial charge in [-0.1, -0.05) is 12.1 Å². The van der Waals surface area contributed by atoms with Gasteiger partial charge in [0.1, 0.15) is 12.1 Å². The summed E-state index contributed by atoms with van der Waals surface area (Å²) >= 11 is 0. The van der Waals surface area contributed by atoms with Crippen molar-refractivity contribution in [1.29, 1.82) is 0 Å². The molecule has 5 rings (SSSR count). The maximum atomic E-state index is 13.4. The second kappa shape index (κ2) is 10.6. The third kappa shape index (κ3) is 5.36. The average Bonchev–Trinajstić information content (AvgIpc) is 3.68. The number of carbonyl (C=O) groups excluding carboxylic acids is 2. The van der Waals surface area contributed by atoms with E-state index < -0.39 is 0 Å². The number of amides is 2. The monoisotopic (exact) mass is 487 g/mol. The summed E-state index contributed by atoms with van der Waals surface area (Å²) in [5.41, 5.74) is 3.22. The molecule has 0 unspecified atom stereocenters. The maximum Gasteiger partial charge on any atom is 0.259 e. The summed E-state index contributed by atoms with van der Waals surface area (Å²) in [5.74, 6) is -0.739. The Morgan fingerprint density at radius 2 is 1.72 bits per heavy atom. The molecular weight excluding hydrogens is 461 g/mol. The molecule has 184 valence electrons. The molecule has 36 heavy (non-hydrogen) atoms. The molecule has 2 N–H and O–H groups in total. The average molecular weight is 488 g/mol. The molecule has 0 saturated carbocycles. The zero-order valence-electron chi connectivity index (χ0n) is 19.6. The van der Waals surface area contributed by atoms with Crippen LogP contribution in [0.4, 0.5) is 10.1 Å². The van der Waals surface area contributed by atoms with Crippen molar-refractivity contribution in [2.24, 2.45) is 0 Å². The summed E-state index contributed by atoms with van der Waals surface area (Å²) in [6.07, 6.45) is 8.29. The Hall–Kier alpha value is -4.24. The Morgan fingerprint density at radius 3 is 2.42 bits per heavy atom. The van der Waals surface area contributed by atoms with Crippen LogP contribution in [-0.2, 0) is 0 Å². The first-order chi connectivity index (χ1) is 17.6. The van der Waals surface area contributed by atoms with Crippen molar-refractivity contribution in [2.45, 2.75) is 18.9 Å². The van der Waals surface area contributed by atoms with E-state index >= 15 is 0 Å². The maximum absolute atomic E-state index is 13.4. The van der Waals surface area contributed by atoms with Gasteiger partial charge >= 0.3 is 0 Å². The third-order valence-corrected chi connectivity index (χ3v) is 6.31. The predicted molar refractivity (Wildman–Crippen MR) is 133 cm³/mol. The largest absolute Gasteiger partial charge is 0.472 e. The predicted octanol–water partition coefficient (Wildman–Crippen LogP) is 4.42. The number of nitrogens with zero attached hydrogens (tertiary/aromatic N) is 3. The molecule has 9 heteroatoms. The SMILES string of the molecule is O=C(NC[C@@H](c1ccc(F)cc1)N1CCCC1)c1ccc(-n2cc(NC(=O)c3ccoc3)cn2)cc1. The molecule has 1 aliphatic heterocycles. The Labute approximate surface area is 207 Å². The number of anilines is 1. The van der Waals surface area contributed by atoms with E-state index in [0.29, 0.717) is 23.4 Å². The van der Waals surface area contributed by atoms with Crippen LogP contribution in [-0.4, -0.2) is 46.1 Å². The number of carbonyl (C=O) groups is 2. The van der Waals surface area contributed by atoms with Gasteiger partial charge in [-0.25, -0.2) is 9.07 Å². The van der Waals surface area contributed by atoms with Crippen LogP contribution in [0, 0.1) is 5.82 Å². The molecule has 8 nitrogen and oxygen atoms in total. The fourth-order valence-electron chi connectivity index (χ4n) is 4.38. The van der Waals surface area contributed by atoms with Crippen LogP contribution in [0.1, 0.15) is 45.2 Å². The standard InChI is InChI=1S/C27H26FN5O3/c28-22-7-3-19(4-8-22)25(32-12-1-2-13-32)16-29-26(34)20-5-9-24(10-6-20)33-17-23(15-30-33)31-27(35)21-11-14-36-18-21/h3-11,14-15,17-18,25H,1-2,12-13,16H2,(H,29,34)(H,31,35)/t25-/m0/s1. The molecule has 1 aliphatic rings. The van der Waals surface area contributed by atoms with E-state index in [1.54, 1.807) is 59.5 Å². The van der Waals surface area contributed by atoms with E-state index in [2.05, 4.69) is 20.6 Å². The second-order valence-electron chi connectivity index (χ2n) is 8.71. The van der Waals surface area contributed by atoms with Crippen LogP contribution in [0.15, 0.2) is 83.9 Å². The highest BCUT2D eigenvalue weighted by Crippen LogP contribution is 2.25. The van der Waals surface area contributed by atoms with E-state index in [-0.39, 0.29) is 23.7 Å². The Balaban J connectivity index is 1.21. The number of hydrogen-bond donors (Lipinski definition) is 2. The number of aromatic nitrogens is 2. The quantitative estimate of drug-likeness (QED) is 0.384. The zero-order chi connectivity index (χ0) is 24.9. The van der Waals surface area contributed by atoms with Crippen LogP contribution in [0.5, 0.6) is 0 Å². The number of likely N-dealkylation sites (tertiary alicyclic amines) is 1.